The van der Waals surface area contributed by atoms with E-state index in [1.165, 1.54) is 7.11 Å². The maximum atomic E-state index is 12.3. The highest BCUT2D eigenvalue weighted by Crippen LogP contribution is 2.22. The second-order valence-electron chi connectivity index (χ2n) is 4.77. The molecule has 0 unspecified atom stereocenters. The molecular weight excluding hydrogens is 280 g/mol. The predicted molar refractivity (Wildman–Crippen MR) is 84.0 cm³/mol. The van der Waals surface area contributed by atoms with Crippen LogP contribution in [0.2, 0.25) is 0 Å². The van der Waals surface area contributed by atoms with E-state index in [9.17, 15) is 9.59 Å². The highest BCUT2D eigenvalue weighted by Gasteiger charge is 2.10. The molecule has 22 heavy (non-hydrogen) atoms. The molecule has 2 aromatic carbocycles. The number of rotatable bonds is 3. The fourth-order valence-electron chi connectivity index (χ4n) is 2.26. The standard InChI is InChI=1S/C17H14N2O3/c1-22-17(21)12-7-5-11(6-8-12)16(20)19-15-4-2-3-14-13(15)9-10-18-14/h2-10,18H,1H3,(H,19,20). The minimum atomic E-state index is -0.427. The summed E-state index contributed by atoms with van der Waals surface area (Å²) >= 11 is 0. The third-order valence-electron chi connectivity index (χ3n) is 3.41. The minimum absolute atomic E-state index is 0.231. The summed E-state index contributed by atoms with van der Waals surface area (Å²) in [6.07, 6.45) is 1.82. The van der Waals surface area contributed by atoms with Crippen molar-refractivity contribution in [3.63, 3.8) is 0 Å². The second kappa shape index (κ2) is 5.73. The molecule has 0 atom stereocenters. The third kappa shape index (κ3) is 2.56. The Morgan fingerprint density at radius 2 is 1.73 bits per heavy atom. The number of fused-ring (bicyclic) bond motifs is 1. The number of hydrogen-bond donors (Lipinski definition) is 2. The van der Waals surface area contributed by atoms with E-state index >= 15 is 0 Å². The summed E-state index contributed by atoms with van der Waals surface area (Å²) in [6.45, 7) is 0. The molecule has 0 radical (unpaired) electrons. The van der Waals surface area contributed by atoms with Crippen LogP contribution in [0.15, 0.2) is 54.7 Å². The van der Waals surface area contributed by atoms with Gasteiger partial charge in [-0.2, -0.15) is 0 Å². The Hall–Kier alpha value is -3.08. The summed E-state index contributed by atoms with van der Waals surface area (Å²) in [7, 11) is 1.32. The number of anilines is 1. The van der Waals surface area contributed by atoms with Gasteiger partial charge in [0, 0.05) is 22.7 Å². The Bertz CT molecular complexity index is 834. The van der Waals surface area contributed by atoms with Gasteiger partial charge < -0.3 is 15.0 Å². The predicted octanol–water partition coefficient (Wildman–Crippen LogP) is 3.21. The zero-order chi connectivity index (χ0) is 15.5. The smallest absolute Gasteiger partial charge is 0.337 e. The summed E-state index contributed by atoms with van der Waals surface area (Å²) < 4.78 is 4.63. The number of amides is 1. The van der Waals surface area contributed by atoms with E-state index in [1.54, 1.807) is 24.3 Å². The molecule has 0 bridgehead atoms. The molecule has 0 aliphatic heterocycles. The SMILES string of the molecule is COC(=O)c1ccc(C(=O)Nc2cccc3[nH]ccc23)cc1. The number of carbonyl (C=O) groups excluding carboxylic acids is 2. The molecule has 5 heteroatoms. The second-order valence-corrected chi connectivity index (χ2v) is 4.77. The van der Waals surface area contributed by atoms with Gasteiger partial charge in [-0.25, -0.2) is 4.79 Å². The number of nitrogens with one attached hydrogen (secondary N) is 2. The lowest BCUT2D eigenvalue weighted by atomic mass is 10.1. The van der Waals surface area contributed by atoms with Crippen molar-refractivity contribution in [2.24, 2.45) is 0 Å². The number of carbonyl (C=O) groups is 2. The Balaban J connectivity index is 1.82. The van der Waals surface area contributed by atoms with Crippen molar-refractivity contribution in [1.29, 1.82) is 0 Å². The van der Waals surface area contributed by atoms with Crippen LogP contribution in [-0.2, 0) is 4.74 Å². The molecule has 1 heterocycles. The molecule has 0 aliphatic carbocycles. The van der Waals surface area contributed by atoms with Crippen molar-refractivity contribution in [3.8, 4) is 0 Å². The van der Waals surface area contributed by atoms with E-state index < -0.39 is 5.97 Å². The maximum absolute atomic E-state index is 12.3. The first kappa shape index (κ1) is 13.9. The van der Waals surface area contributed by atoms with Gasteiger partial charge in [-0.15, -0.1) is 0 Å². The van der Waals surface area contributed by atoms with Crippen LogP contribution in [-0.4, -0.2) is 24.0 Å². The molecule has 0 spiro atoms. The molecule has 0 saturated carbocycles. The van der Waals surface area contributed by atoms with Crippen molar-refractivity contribution in [2.75, 3.05) is 12.4 Å². The van der Waals surface area contributed by atoms with Gasteiger partial charge in [-0.05, 0) is 42.5 Å². The van der Waals surface area contributed by atoms with Gasteiger partial charge in [0.15, 0.2) is 0 Å². The summed E-state index contributed by atoms with van der Waals surface area (Å²) in [5.74, 6) is -0.658. The third-order valence-corrected chi connectivity index (χ3v) is 3.41. The van der Waals surface area contributed by atoms with Gasteiger partial charge in [-0.1, -0.05) is 6.07 Å². The number of aromatic amines is 1. The van der Waals surface area contributed by atoms with Gasteiger partial charge >= 0.3 is 5.97 Å². The maximum Gasteiger partial charge on any atom is 0.337 e. The van der Waals surface area contributed by atoms with Crippen LogP contribution < -0.4 is 5.32 Å². The molecular formula is C17H14N2O3. The molecule has 3 rings (SSSR count). The Kier molecular flexibility index (Phi) is 3.62. The van der Waals surface area contributed by atoms with Crippen LogP contribution in [0.25, 0.3) is 10.9 Å². The van der Waals surface area contributed by atoms with Gasteiger partial charge in [0.2, 0.25) is 0 Å². The fraction of sp³-hybridized carbons (Fsp3) is 0.0588. The highest BCUT2D eigenvalue weighted by atomic mass is 16.5. The van der Waals surface area contributed by atoms with Gasteiger partial charge in [0.1, 0.15) is 0 Å². The van der Waals surface area contributed by atoms with E-state index in [1.807, 2.05) is 30.5 Å². The van der Waals surface area contributed by atoms with Gasteiger partial charge in [0.05, 0.1) is 18.4 Å². The number of aromatic nitrogens is 1. The van der Waals surface area contributed by atoms with E-state index in [2.05, 4.69) is 15.0 Å². The Morgan fingerprint density at radius 1 is 1.00 bits per heavy atom. The van der Waals surface area contributed by atoms with Crippen molar-refractivity contribution >= 4 is 28.5 Å². The lowest BCUT2D eigenvalue weighted by Gasteiger charge is -2.07. The highest BCUT2D eigenvalue weighted by molar-refractivity contribution is 6.09. The number of esters is 1. The molecule has 110 valence electrons. The number of methoxy groups -OCH3 is 1. The van der Waals surface area contributed by atoms with Crippen LogP contribution in [0.1, 0.15) is 20.7 Å². The number of hydrogen-bond acceptors (Lipinski definition) is 3. The summed E-state index contributed by atoms with van der Waals surface area (Å²) in [4.78, 5) is 26.8. The normalized spacial score (nSPS) is 10.4. The average Bonchev–Trinajstić information content (AvgIpc) is 3.04. The summed E-state index contributed by atoms with van der Waals surface area (Å²) in [6, 6.07) is 13.9. The van der Waals surface area contributed by atoms with E-state index in [0.717, 1.165) is 16.6 Å². The van der Waals surface area contributed by atoms with E-state index in [0.29, 0.717) is 11.1 Å². The van der Waals surface area contributed by atoms with Crippen LogP contribution in [0, 0.1) is 0 Å². The number of H-pyrrole nitrogens is 1. The molecule has 3 aromatic rings. The first-order chi connectivity index (χ1) is 10.7. The number of ether oxygens (including phenoxy) is 1. The largest absolute Gasteiger partial charge is 0.465 e. The molecule has 0 aliphatic rings. The molecule has 2 N–H and O–H groups in total. The van der Waals surface area contributed by atoms with Crippen molar-refractivity contribution in [3.05, 3.63) is 65.9 Å². The first-order valence-corrected chi connectivity index (χ1v) is 6.75. The summed E-state index contributed by atoms with van der Waals surface area (Å²) in [5.41, 5.74) is 2.58. The summed E-state index contributed by atoms with van der Waals surface area (Å²) in [5, 5.41) is 3.82. The lowest BCUT2D eigenvalue weighted by molar-refractivity contribution is 0.0600. The molecule has 0 fully saturated rings. The first-order valence-electron chi connectivity index (χ1n) is 6.75. The van der Waals surface area contributed by atoms with E-state index in [4.69, 9.17) is 0 Å². The molecule has 5 nitrogen and oxygen atoms in total. The topological polar surface area (TPSA) is 71.2 Å². The van der Waals surface area contributed by atoms with E-state index in [-0.39, 0.29) is 5.91 Å². The Labute approximate surface area is 126 Å². The van der Waals surface area contributed by atoms with Crippen molar-refractivity contribution in [1.82, 2.24) is 4.98 Å². The van der Waals surface area contributed by atoms with Crippen molar-refractivity contribution < 1.29 is 14.3 Å². The molecule has 1 amide bonds. The number of benzene rings is 2. The van der Waals surface area contributed by atoms with Crippen LogP contribution in [0.5, 0.6) is 0 Å². The zero-order valence-electron chi connectivity index (χ0n) is 11.9. The van der Waals surface area contributed by atoms with Crippen LogP contribution in [0.3, 0.4) is 0 Å². The average molecular weight is 294 g/mol. The Morgan fingerprint density at radius 3 is 2.45 bits per heavy atom. The zero-order valence-corrected chi connectivity index (χ0v) is 11.9. The van der Waals surface area contributed by atoms with Crippen LogP contribution in [0.4, 0.5) is 5.69 Å². The van der Waals surface area contributed by atoms with Gasteiger partial charge in [-0.3, -0.25) is 4.79 Å². The lowest BCUT2D eigenvalue weighted by Crippen LogP contribution is -2.12. The molecule has 1 aromatic heterocycles. The monoisotopic (exact) mass is 294 g/mol. The minimum Gasteiger partial charge on any atom is -0.465 e. The quantitative estimate of drug-likeness (QED) is 0.729. The van der Waals surface area contributed by atoms with Crippen molar-refractivity contribution in [2.45, 2.75) is 0 Å². The molecule has 0 saturated heterocycles. The van der Waals surface area contributed by atoms with Gasteiger partial charge in [0.25, 0.3) is 5.91 Å². The fourth-order valence-corrected chi connectivity index (χ4v) is 2.26. The van der Waals surface area contributed by atoms with Crippen LogP contribution >= 0.6 is 0 Å².